The molecular weight excluding hydrogens is 324 g/mol. The first kappa shape index (κ1) is 16.8. The molecule has 1 aliphatic heterocycles. The average Bonchev–Trinajstić information content (AvgIpc) is 2.85. The van der Waals surface area contributed by atoms with E-state index < -0.39 is 0 Å². The van der Waals surface area contributed by atoms with Crippen molar-refractivity contribution in [2.75, 3.05) is 11.4 Å². The van der Waals surface area contributed by atoms with Crippen LogP contribution in [0.25, 0.3) is 0 Å². The minimum absolute atomic E-state index is 0.395. The Morgan fingerprint density at radius 2 is 2.10 bits per heavy atom. The molecule has 1 aromatic rings. The van der Waals surface area contributed by atoms with Gasteiger partial charge >= 0.3 is 0 Å². The zero-order chi connectivity index (χ0) is 15.4. The fourth-order valence-electron chi connectivity index (χ4n) is 3.44. The highest BCUT2D eigenvalue weighted by Gasteiger charge is 2.29. The molecule has 3 atom stereocenters. The van der Waals surface area contributed by atoms with Crippen molar-refractivity contribution in [1.82, 2.24) is 5.32 Å². The molecule has 2 nitrogen and oxygen atoms in total. The number of halogens is 1. The van der Waals surface area contributed by atoms with E-state index in [1.807, 2.05) is 0 Å². The number of hydrogen-bond acceptors (Lipinski definition) is 2. The summed E-state index contributed by atoms with van der Waals surface area (Å²) < 4.78 is 1.23. The summed E-state index contributed by atoms with van der Waals surface area (Å²) in [4.78, 5) is 2.61. The van der Waals surface area contributed by atoms with Crippen LogP contribution < -0.4 is 10.2 Å². The van der Waals surface area contributed by atoms with Gasteiger partial charge in [-0.05, 0) is 63.8 Å². The topological polar surface area (TPSA) is 15.3 Å². The van der Waals surface area contributed by atoms with E-state index in [4.69, 9.17) is 0 Å². The zero-order valence-electron chi connectivity index (χ0n) is 13.8. The van der Waals surface area contributed by atoms with Crippen molar-refractivity contribution >= 4 is 21.6 Å². The molecule has 21 heavy (non-hydrogen) atoms. The van der Waals surface area contributed by atoms with E-state index >= 15 is 0 Å². The van der Waals surface area contributed by atoms with Gasteiger partial charge < -0.3 is 10.2 Å². The van der Waals surface area contributed by atoms with Crippen molar-refractivity contribution in [3.63, 3.8) is 0 Å². The molecule has 1 aromatic carbocycles. The lowest BCUT2D eigenvalue weighted by Gasteiger charge is -2.31. The maximum Gasteiger partial charge on any atom is 0.0382 e. The highest BCUT2D eigenvalue weighted by Crippen LogP contribution is 2.35. The fourth-order valence-corrected chi connectivity index (χ4v) is 4.15. The van der Waals surface area contributed by atoms with Gasteiger partial charge in [0.2, 0.25) is 0 Å². The Morgan fingerprint density at radius 3 is 2.71 bits per heavy atom. The molecule has 1 fully saturated rings. The van der Waals surface area contributed by atoms with E-state index in [0.29, 0.717) is 18.1 Å². The lowest BCUT2D eigenvalue weighted by atomic mass is 10.1. The number of nitrogens with zero attached hydrogens (tertiary/aromatic N) is 1. The van der Waals surface area contributed by atoms with E-state index in [0.717, 1.165) is 6.54 Å². The molecule has 0 bridgehead atoms. The van der Waals surface area contributed by atoms with E-state index in [-0.39, 0.29) is 0 Å². The van der Waals surface area contributed by atoms with Crippen molar-refractivity contribution in [2.24, 2.45) is 0 Å². The monoisotopic (exact) mass is 352 g/mol. The quantitative estimate of drug-likeness (QED) is 0.749. The molecule has 0 spiro atoms. The van der Waals surface area contributed by atoms with Crippen LogP contribution in [0, 0.1) is 0 Å². The first-order valence-electron chi connectivity index (χ1n) is 8.39. The van der Waals surface area contributed by atoms with Gasteiger partial charge in [-0.15, -0.1) is 0 Å². The highest BCUT2D eigenvalue weighted by atomic mass is 79.9. The summed E-state index contributed by atoms with van der Waals surface area (Å²) in [6.07, 6.45) is 5.04. The van der Waals surface area contributed by atoms with Crippen LogP contribution in [-0.2, 0) is 0 Å². The molecule has 0 saturated carbocycles. The van der Waals surface area contributed by atoms with Gasteiger partial charge in [0, 0.05) is 28.3 Å². The molecular formula is C18H29BrN2. The van der Waals surface area contributed by atoms with E-state index in [9.17, 15) is 0 Å². The smallest absolute Gasteiger partial charge is 0.0382 e. The second kappa shape index (κ2) is 7.64. The Bertz CT molecular complexity index is 461. The van der Waals surface area contributed by atoms with Gasteiger partial charge in [0.25, 0.3) is 0 Å². The Labute approximate surface area is 138 Å². The maximum atomic E-state index is 3.78. The van der Waals surface area contributed by atoms with Crippen LogP contribution in [0.2, 0.25) is 0 Å². The number of anilines is 1. The summed E-state index contributed by atoms with van der Waals surface area (Å²) >= 11 is 3.78. The van der Waals surface area contributed by atoms with Crippen LogP contribution in [0.5, 0.6) is 0 Å². The molecule has 0 radical (unpaired) electrons. The fraction of sp³-hybridized carbons (Fsp3) is 0.667. The van der Waals surface area contributed by atoms with Crippen molar-refractivity contribution in [3.8, 4) is 0 Å². The van der Waals surface area contributed by atoms with Crippen LogP contribution in [0.15, 0.2) is 22.7 Å². The van der Waals surface area contributed by atoms with Crippen molar-refractivity contribution < 1.29 is 0 Å². The van der Waals surface area contributed by atoms with E-state index in [2.05, 4.69) is 72.0 Å². The predicted molar refractivity (Wildman–Crippen MR) is 96.1 cm³/mol. The average molecular weight is 353 g/mol. The molecule has 3 heteroatoms. The molecule has 1 heterocycles. The zero-order valence-corrected chi connectivity index (χ0v) is 15.4. The third-order valence-corrected chi connectivity index (χ3v) is 5.39. The number of nitrogens with one attached hydrogen (secondary N) is 1. The molecule has 118 valence electrons. The summed E-state index contributed by atoms with van der Waals surface area (Å²) in [6, 6.07) is 8.64. The summed E-state index contributed by atoms with van der Waals surface area (Å²) in [6.45, 7) is 10.2. The van der Waals surface area contributed by atoms with Gasteiger partial charge in [-0.25, -0.2) is 0 Å². The van der Waals surface area contributed by atoms with E-state index in [1.165, 1.54) is 41.4 Å². The SMILES string of the molecule is CCCNC(C)c1ccc(N2C(C)CCC2CC)cc1Br. The van der Waals surface area contributed by atoms with Gasteiger partial charge in [-0.3, -0.25) is 0 Å². The van der Waals surface area contributed by atoms with Gasteiger partial charge in [-0.2, -0.15) is 0 Å². The normalized spacial score (nSPS) is 23.6. The molecule has 1 aliphatic rings. The molecule has 0 aromatic heterocycles. The predicted octanol–water partition coefficient (Wildman–Crippen LogP) is 5.28. The van der Waals surface area contributed by atoms with Gasteiger partial charge in [0.05, 0.1) is 0 Å². The van der Waals surface area contributed by atoms with Gasteiger partial charge in [0.1, 0.15) is 0 Å². The second-order valence-corrected chi connectivity index (χ2v) is 7.13. The summed E-state index contributed by atoms with van der Waals surface area (Å²) in [7, 11) is 0. The minimum Gasteiger partial charge on any atom is -0.366 e. The Hall–Kier alpha value is -0.540. The van der Waals surface area contributed by atoms with E-state index in [1.54, 1.807) is 0 Å². The van der Waals surface area contributed by atoms with Crippen LogP contribution in [0.3, 0.4) is 0 Å². The molecule has 0 aliphatic carbocycles. The lowest BCUT2D eigenvalue weighted by Crippen LogP contribution is -2.34. The van der Waals surface area contributed by atoms with Crippen molar-refractivity contribution in [3.05, 3.63) is 28.2 Å². The van der Waals surface area contributed by atoms with Crippen molar-refractivity contribution in [1.29, 1.82) is 0 Å². The van der Waals surface area contributed by atoms with Crippen LogP contribution in [0.4, 0.5) is 5.69 Å². The highest BCUT2D eigenvalue weighted by molar-refractivity contribution is 9.10. The summed E-state index contributed by atoms with van der Waals surface area (Å²) in [5.74, 6) is 0. The molecule has 3 unspecified atom stereocenters. The van der Waals surface area contributed by atoms with Gasteiger partial charge in [-0.1, -0.05) is 35.8 Å². The Morgan fingerprint density at radius 1 is 1.33 bits per heavy atom. The van der Waals surface area contributed by atoms with Crippen LogP contribution in [0.1, 0.15) is 65.0 Å². The van der Waals surface area contributed by atoms with Gasteiger partial charge in [0.15, 0.2) is 0 Å². The first-order chi connectivity index (χ1) is 10.1. The van der Waals surface area contributed by atoms with Crippen molar-refractivity contribution in [2.45, 2.75) is 71.5 Å². The summed E-state index contributed by atoms with van der Waals surface area (Å²) in [5.41, 5.74) is 2.72. The Kier molecular flexibility index (Phi) is 6.12. The third kappa shape index (κ3) is 3.81. The van der Waals surface area contributed by atoms with Crippen LogP contribution in [-0.4, -0.2) is 18.6 Å². The first-order valence-corrected chi connectivity index (χ1v) is 9.18. The standard InChI is InChI=1S/C18H29BrN2/c1-5-11-20-14(4)17-10-9-16(12-18(17)19)21-13(3)7-8-15(21)6-2/h9-10,12-15,20H,5-8,11H2,1-4H3. The largest absolute Gasteiger partial charge is 0.366 e. The molecule has 1 N–H and O–H groups in total. The maximum absolute atomic E-state index is 3.78. The molecule has 0 amide bonds. The number of benzene rings is 1. The summed E-state index contributed by atoms with van der Waals surface area (Å²) in [5, 5.41) is 3.56. The minimum atomic E-state index is 0.395. The van der Waals surface area contributed by atoms with Crippen LogP contribution >= 0.6 is 15.9 Å². The lowest BCUT2D eigenvalue weighted by molar-refractivity contribution is 0.568. The molecule has 1 saturated heterocycles. The second-order valence-electron chi connectivity index (χ2n) is 6.28. The third-order valence-electron chi connectivity index (χ3n) is 4.71. The molecule has 2 rings (SSSR count). The Balaban J connectivity index is 2.18. The number of hydrogen-bond donors (Lipinski definition) is 1. The number of rotatable bonds is 6.